The van der Waals surface area contributed by atoms with Crippen molar-refractivity contribution in [3.63, 3.8) is 0 Å². The number of nitrogen functional groups attached to an aromatic ring is 2. The third-order valence-corrected chi connectivity index (χ3v) is 2.70. The molecule has 0 fully saturated rings. The molecule has 2 aromatic rings. The van der Waals surface area contributed by atoms with E-state index in [4.69, 9.17) is 20.9 Å². The lowest BCUT2D eigenvalue weighted by Crippen LogP contribution is -2.25. The number of hydrogen-bond acceptors (Lipinski definition) is 5. The van der Waals surface area contributed by atoms with Crippen molar-refractivity contribution in [1.82, 2.24) is 0 Å². The number of benzene rings is 2. The number of nitrogens with two attached hydrogens (primary N) is 2. The van der Waals surface area contributed by atoms with Crippen LogP contribution in [0.4, 0.5) is 11.4 Å². The van der Waals surface area contributed by atoms with Crippen molar-refractivity contribution in [1.29, 1.82) is 0 Å². The Bertz CT molecular complexity index is 511. The second-order valence-electron chi connectivity index (χ2n) is 4.35. The molecule has 0 atom stereocenters. The molecule has 0 aliphatic heterocycles. The van der Waals surface area contributed by atoms with E-state index in [2.05, 4.69) is 0 Å². The van der Waals surface area contributed by atoms with Crippen LogP contribution in [0.15, 0.2) is 48.5 Å². The maximum Gasteiger partial charge on any atom is 0.142 e. The summed E-state index contributed by atoms with van der Waals surface area (Å²) in [4.78, 5) is 0. The normalized spacial score (nSPS) is 10.5. The van der Waals surface area contributed by atoms with Crippen LogP contribution in [0.3, 0.4) is 0 Å². The molecular formula is C15H18N2O3. The van der Waals surface area contributed by atoms with Crippen LogP contribution in [0.5, 0.6) is 11.5 Å². The van der Waals surface area contributed by atoms with Crippen molar-refractivity contribution in [2.75, 3.05) is 24.7 Å². The predicted octanol–water partition coefficient (Wildman–Crippen LogP) is 1.67. The fourth-order valence-corrected chi connectivity index (χ4v) is 1.64. The average Bonchev–Trinajstić information content (AvgIpc) is 2.45. The molecule has 106 valence electrons. The molecule has 0 heterocycles. The van der Waals surface area contributed by atoms with E-state index in [0.29, 0.717) is 22.9 Å². The fourth-order valence-electron chi connectivity index (χ4n) is 1.64. The van der Waals surface area contributed by atoms with Crippen molar-refractivity contribution < 1.29 is 14.6 Å². The maximum atomic E-state index is 9.82. The molecule has 5 nitrogen and oxygen atoms in total. The summed E-state index contributed by atoms with van der Waals surface area (Å²) in [6.45, 7) is 0.196. The average molecular weight is 274 g/mol. The van der Waals surface area contributed by atoms with Gasteiger partial charge in [0.1, 0.15) is 30.8 Å². The molecule has 0 aliphatic rings. The Morgan fingerprint density at radius 3 is 1.60 bits per heavy atom. The molecule has 2 aromatic carbocycles. The molecule has 0 aliphatic carbocycles. The van der Waals surface area contributed by atoms with E-state index in [1.54, 1.807) is 24.3 Å². The first-order valence-corrected chi connectivity index (χ1v) is 6.29. The highest BCUT2D eigenvalue weighted by atomic mass is 16.5. The highest BCUT2D eigenvalue weighted by molar-refractivity contribution is 5.52. The lowest BCUT2D eigenvalue weighted by molar-refractivity contribution is 0.0632. The van der Waals surface area contributed by atoms with Crippen LogP contribution in [0.25, 0.3) is 0 Å². The number of para-hydroxylation sites is 4. The first-order chi connectivity index (χ1) is 9.66. The fraction of sp³-hybridized carbons (Fsp3) is 0.200. The summed E-state index contributed by atoms with van der Waals surface area (Å²) >= 11 is 0. The molecule has 0 spiro atoms. The van der Waals surface area contributed by atoms with Crippen molar-refractivity contribution in [2.45, 2.75) is 6.10 Å². The SMILES string of the molecule is Nc1ccccc1OCC(O)COc1ccccc1N. The lowest BCUT2D eigenvalue weighted by atomic mass is 10.3. The largest absolute Gasteiger partial charge is 0.489 e. The zero-order chi connectivity index (χ0) is 14.4. The van der Waals surface area contributed by atoms with Crippen molar-refractivity contribution >= 4 is 11.4 Å². The van der Waals surface area contributed by atoms with Crippen LogP contribution < -0.4 is 20.9 Å². The number of aliphatic hydroxyl groups excluding tert-OH is 1. The Kier molecular flexibility index (Phi) is 4.68. The number of ether oxygens (including phenoxy) is 2. The van der Waals surface area contributed by atoms with Crippen LogP contribution in [-0.4, -0.2) is 24.4 Å². The summed E-state index contributed by atoms with van der Waals surface area (Å²) in [5, 5.41) is 9.82. The Morgan fingerprint density at radius 1 is 0.800 bits per heavy atom. The minimum Gasteiger partial charge on any atom is -0.489 e. The highest BCUT2D eigenvalue weighted by Gasteiger charge is 2.09. The summed E-state index contributed by atoms with van der Waals surface area (Å²) < 4.78 is 10.9. The summed E-state index contributed by atoms with van der Waals surface area (Å²) in [7, 11) is 0. The maximum absolute atomic E-state index is 9.82. The van der Waals surface area contributed by atoms with Gasteiger partial charge in [0.05, 0.1) is 11.4 Å². The van der Waals surface area contributed by atoms with Crippen LogP contribution in [0.2, 0.25) is 0 Å². The Balaban J connectivity index is 1.80. The van der Waals surface area contributed by atoms with Crippen molar-refractivity contribution in [3.8, 4) is 11.5 Å². The van der Waals surface area contributed by atoms with Gasteiger partial charge in [-0.2, -0.15) is 0 Å². The van der Waals surface area contributed by atoms with E-state index in [1.807, 2.05) is 24.3 Å². The van der Waals surface area contributed by atoms with Gasteiger partial charge in [-0.3, -0.25) is 0 Å². The Morgan fingerprint density at radius 2 is 1.20 bits per heavy atom. The van der Waals surface area contributed by atoms with Gasteiger partial charge in [0, 0.05) is 0 Å². The van der Waals surface area contributed by atoms with Crippen LogP contribution in [-0.2, 0) is 0 Å². The van der Waals surface area contributed by atoms with Gasteiger partial charge in [0.2, 0.25) is 0 Å². The smallest absolute Gasteiger partial charge is 0.142 e. The van der Waals surface area contributed by atoms with E-state index < -0.39 is 6.10 Å². The standard InChI is InChI=1S/C15H18N2O3/c16-12-5-1-3-7-14(12)19-9-11(18)10-20-15-8-4-2-6-13(15)17/h1-8,11,18H,9-10,16-17H2. The molecule has 20 heavy (non-hydrogen) atoms. The van der Waals surface area contributed by atoms with Gasteiger partial charge in [0.25, 0.3) is 0 Å². The first-order valence-electron chi connectivity index (χ1n) is 6.29. The first kappa shape index (κ1) is 14.0. The molecule has 0 amide bonds. The summed E-state index contributed by atoms with van der Waals surface area (Å²) in [6, 6.07) is 14.3. The number of rotatable bonds is 6. The van der Waals surface area contributed by atoms with Crippen LogP contribution in [0.1, 0.15) is 0 Å². The van der Waals surface area contributed by atoms with Gasteiger partial charge in [-0.25, -0.2) is 0 Å². The highest BCUT2D eigenvalue weighted by Crippen LogP contribution is 2.21. The minimum absolute atomic E-state index is 0.0982. The molecule has 2 rings (SSSR count). The molecule has 0 aromatic heterocycles. The van der Waals surface area contributed by atoms with Crippen LogP contribution in [0, 0.1) is 0 Å². The Hall–Kier alpha value is -2.40. The van der Waals surface area contributed by atoms with E-state index in [-0.39, 0.29) is 13.2 Å². The van der Waals surface area contributed by atoms with Gasteiger partial charge < -0.3 is 26.0 Å². The second-order valence-corrected chi connectivity index (χ2v) is 4.35. The number of aliphatic hydroxyl groups is 1. The van der Waals surface area contributed by atoms with E-state index >= 15 is 0 Å². The van der Waals surface area contributed by atoms with E-state index in [9.17, 15) is 5.11 Å². The van der Waals surface area contributed by atoms with Gasteiger partial charge >= 0.3 is 0 Å². The molecule has 0 saturated carbocycles. The molecule has 5 heteroatoms. The molecule has 0 unspecified atom stereocenters. The van der Waals surface area contributed by atoms with Crippen molar-refractivity contribution in [2.24, 2.45) is 0 Å². The molecule has 0 saturated heterocycles. The van der Waals surface area contributed by atoms with Crippen molar-refractivity contribution in [3.05, 3.63) is 48.5 Å². The Labute approximate surface area is 117 Å². The minimum atomic E-state index is -0.769. The summed E-state index contributed by atoms with van der Waals surface area (Å²) in [5.74, 6) is 1.09. The molecule has 0 radical (unpaired) electrons. The third-order valence-electron chi connectivity index (χ3n) is 2.70. The zero-order valence-corrected chi connectivity index (χ0v) is 11.0. The summed E-state index contributed by atoms with van der Waals surface area (Å²) in [6.07, 6.45) is -0.769. The molecule has 5 N–H and O–H groups in total. The predicted molar refractivity (Wildman–Crippen MR) is 78.7 cm³/mol. The van der Waals surface area contributed by atoms with Crippen LogP contribution >= 0.6 is 0 Å². The monoisotopic (exact) mass is 274 g/mol. The van der Waals surface area contributed by atoms with Gasteiger partial charge in [-0.15, -0.1) is 0 Å². The number of anilines is 2. The summed E-state index contributed by atoms with van der Waals surface area (Å²) in [5.41, 5.74) is 12.5. The quantitative estimate of drug-likeness (QED) is 0.697. The molecular weight excluding hydrogens is 256 g/mol. The van der Waals surface area contributed by atoms with Gasteiger partial charge in [-0.1, -0.05) is 24.3 Å². The van der Waals surface area contributed by atoms with E-state index in [1.165, 1.54) is 0 Å². The van der Waals surface area contributed by atoms with E-state index in [0.717, 1.165) is 0 Å². The zero-order valence-electron chi connectivity index (χ0n) is 11.0. The molecule has 0 bridgehead atoms. The third kappa shape index (κ3) is 3.80. The van der Waals surface area contributed by atoms with Gasteiger partial charge in [0.15, 0.2) is 0 Å². The lowest BCUT2D eigenvalue weighted by Gasteiger charge is -2.15. The second kappa shape index (κ2) is 6.68. The topological polar surface area (TPSA) is 90.7 Å². The van der Waals surface area contributed by atoms with Gasteiger partial charge in [-0.05, 0) is 24.3 Å². The number of hydrogen-bond donors (Lipinski definition) is 3.